The lowest BCUT2D eigenvalue weighted by molar-refractivity contribution is 0.553. The molecule has 4 heterocycles. The summed E-state index contributed by atoms with van der Waals surface area (Å²) >= 11 is 0. The molecule has 0 aliphatic heterocycles. The van der Waals surface area contributed by atoms with Crippen LogP contribution in [0.4, 0.5) is 0 Å². The maximum Gasteiger partial charge on any atom is 0.0915 e. The van der Waals surface area contributed by atoms with Crippen molar-refractivity contribution >= 4 is 10.9 Å². The molecule has 1 spiro atoms. The molecule has 0 atom stereocenters. The van der Waals surface area contributed by atoms with E-state index in [1.54, 1.807) is 0 Å². The van der Waals surface area contributed by atoms with Gasteiger partial charge in [0.1, 0.15) is 0 Å². The van der Waals surface area contributed by atoms with Crippen LogP contribution < -0.4 is 0 Å². The van der Waals surface area contributed by atoms with Crippen molar-refractivity contribution in [1.29, 1.82) is 0 Å². The average molecular weight is 629 g/mol. The van der Waals surface area contributed by atoms with Crippen molar-refractivity contribution in [2.24, 2.45) is 0 Å². The van der Waals surface area contributed by atoms with Crippen molar-refractivity contribution in [2.45, 2.75) is 24.7 Å². The number of fused-ring (bicyclic) bond motifs is 11. The highest BCUT2D eigenvalue weighted by Gasteiger charge is 2.56. The van der Waals surface area contributed by atoms with Crippen LogP contribution in [0.2, 0.25) is 0 Å². The maximum absolute atomic E-state index is 5.16. The van der Waals surface area contributed by atoms with Crippen molar-refractivity contribution in [3.63, 3.8) is 0 Å². The highest BCUT2D eigenvalue weighted by molar-refractivity contribution is 5.96. The molecule has 0 saturated heterocycles. The maximum atomic E-state index is 5.16. The molecular weight excluding hydrogens is 597 g/mol. The predicted octanol–water partition coefficient (Wildman–Crippen LogP) is 10.2. The lowest BCUT2D eigenvalue weighted by atomic mass is 9.57. The van der Waals surface area contributed by atoms with Crippen LogP contribution in [-0.2, 0) is 10.8 Å². The molecule has 2 aliphatic carbocycles. The summed E-state index contributed by atoms with van der Waals surface area (Å²) in [6, 6.07) is 52.5. The molecule has 4 aromatic heterocycles. The van der Waals surface area contributed by atoms with Gasteiger partial charge in [0.2, 0.25) is 0 Å². The zero-order valence-electron chi connectivity index (χ0n) is 27.3. The third-order valence-corrected chi connectivity index (χ3v) is 10.7. The molecule has 8 aromatic rings. The van der Waals surface area contributed by atoms with Gasteiger partial charge in [0.05, 0.1) is 39.4 Å². The van der Waals surface area contributed by atoms with Gasteiger partial charge in [0.25, 0.3) is 0 Å². The molecule has 0 amide bonds. The van der Waals surface area contributed by atoms with E-state index in [1.807, 2.05) is 48.8 Å². The average Bonchev–Trinajstić information content (AvgIpc) is 3.67. The van der Waals surface area contributed by atoms with Gasteiger partial charge >= 0.3 is 0 Å². The third-order valence-electron chi connectivity index (χ3n) is 10.7. The first-order valence-corrected chi connectivity index (χ1v) is 16.9. The van der Waals surface area contributed by atoms with E-state index in [9.17, 15) is 0 Å². The second kappa shape index (κ2) is 10.2. The standard InChI is InChI=1S/C45H32N4/c1-44(2)35-20-8-9-21-36(35)45(33-18-6-3-15-30(33)31-16-4-7-19-34(31)45)43-42(44)32-17-5-10-24-41(32)49(43)29-27-39(37-22-11-13-25-46-37)48-40(28-29)38-23-12-14-26-47-38/h3-28H,1-2H3. The molecule has 0 bridgehead atoms. The molecule has 0 N–H and O–H groups in total. The van der Waals surface area contributed by atoms with Gasteiger partial charge in [-0.1, -0.05) is 117 Å². The quantitative estimate of drug-likeness (QED) is 0.196. The SMILES string of the molecule is CC1(C)c2ccccc2C2(c3ccccc3-c3ccccc32)c2c1c1ccccc1n2-c1cc(-c2ccccn2)nc(-c2ccccn2)c1. The summed E-state index contributed by atoms with van der Waals surface area (Å²) in [4.78, 5) is 14.7. The molecule has 0 unspecified atom stereocenters. The van der Waals surface area contributed by atoms with E-state index >= 15 is 0 Å². The zero-order chi connectivity index (χ0) is 32.7. The normalized spacial score (nSPS) is 14.7. The van der Waals surface area contributed by atoms with Gasteiger partial charge in [-0.25, -0.2) is 4.98 Å². The first kappa shape index (κ1) is 27.9. The summed E-state index contributed by atoms with van der Waals surface area (Å²) in [5.74, 6) is 0. The zero-order valence-corrected chi connectivity index (χ0v) is 27.3. The molecule has 4 aromatic carbocycles. The molecular formula is C45H32N4. The van der Waals surface area contributed by atoms with Gasteiger partial charge in [-0.2, -0.15) is 0 Å². The van der Waals surface area contributed by atoms with Crippen LogP contribution in [-0.4, -0.2) is 19.5 Å². The second-order valence-electron chi connectivity index (χ2n) is 13.6. The summed E-state index contributed by atoms with van der Waals surface area (Å²) in [6.45, 7) is 4.79. The highest BCUT2D eigenvalue weighted by atomic mass is 15.0. The minimum Gasteiger partial charge on any atom is -0.312 e. The minimum absolute atomic E-state index is 0.283. The molecule has 49 heavy (non-hydrogen) atoms. The van der Waals surface area contributed by atoms with Gasteiger partial charge in [-0.3, -0.25) is 9.97 Å². The van der Waals surface area contributed by atoms with E-state index in [0.717, 1.165) is 28.5 Å². The van der Waals surface area contributed by atoms with Crippen molar-refractivity contribution in [3.05, 3.63) is 191 Å². The van der Waals surface area contributed by atoms with Crippen LogP contribution in [0, 0.1) is 0 Å². The summed E-state index contributed by atoms with van der Waals surface area (Å²) in [5, 5.41) is 1.26. The lowest BCUT2D eigenvalue weighted by Crippen LogP contribution is -2.41. The van der Waals surface area contributed by atoms with Gasteiger partial charge < -0.3 is 4.57 Å². The molecule has 2 aliphatic rings. The largest absolute Gasteiger partial charge is 0.312 e. The Morgan fingerprint density at radius 2 is 1.00 bits per heavy atom. The van der Waals surface area contributed by atoms with Crippen LogP contribution in [0.25, 0.3) is 50.5 Å². The molecule has 4 nitrogen and oxygen atoms in total. The van der Waals surface area contributed by atoms with Crippen molar-refractivity contribution in [2.75, 3.05) is 0 Å². The molecule has 232 valence electrons. The minimum atomic E-state index is -0.562. The molecule has 0 saturated carbocycles. The van der Waals surface area contributed by atoms with Crippen LogP contribution in [0.3, 0.4) is 0 Å². The summed E-state index contributed by atoms with van der Waals surface area (Å²) in [7, 11) is 0. The first-order valence-electron chi connectivity index (χ1n) is 16.9. The first-order chi connectivity index (χ1) is 24.1. The fourth-order valence-electron chi connectivity index (χ4n) is 8.83. The van der Waals surface area contributed by atoms with Crippen molar-refractivity contribution < 1.29 is 0 Å². The van der Waals surface area contributed by atoms with Crippen LogP contribution in [0.15, 0.2) is 158 Å². The Labute approximate surface area is 285 Å². The smallest absolute Gasteiger partial charge is 0.0915 e. The summed E-state index contributed by atoms with van der Waals surface area (Å²) in [5.41, 5.74) is 15.1. The fourth-order valence-corrected chi connectivity index (χ4v) is 8.83. The Morgan fingerprint density at radius 3 is 1.59 bits per heavy atom. The Kier molecular flexibility index (Phi) is 5.81. The number of nitrogens with zero attached hydrogens (tertiary/aromatic N) is 4. The number of hydrogen-bond donors (Lipinski definition) is 0. The molecule has 0 radical (unpaired) electrons. The van der Waals surface area contributed by atoms with E-state index in [1.165, 1.54) is 55.5 Å². The monoisotopic (exact) mass is 628 g/mol. The number of aromatic nitrogens is 4. The Bertz CT molecular complexity index is 2480. The van der Waals surface area contributed by atoms with E-state index in [4.69, 9.17) is 15.0 Å². The van der Waals surface area contributed by atoms with Gasteiger partial charge in [-0.15, -0.1) is 0 Å². The third kappa shape index (κ3) is 3.71. The molecule has 4 heteroatoms. The molecule has 10 rings (SSSR count). The number of para-hydroxylation sites is 1. The van der Waals surface area contributed by atoms with Crippen LogP contribution >= 0.6 is 0 Å². The van der Waals surface area contributed by atoms with E-state index in [0.29, 0.717) is 0 Å². The Balaban J connectivity index is 1.42. The van der Waals surface area contributed by atoms with Crippen LogP contribution in [0.5, 0.6) is 0 Å². The van der Waals surface area contributed by atoms with E-state index in [-0.39, 0.29) is 5.41 Å². The van der Waals surface area contributed by atoms with Crippen molar-refractivity contribution in [1.82, 2.24) is 19.5 Å². The number of rotatable bonds is 3. The topological polar surface area (TPSA) is 43.6 Å². The summed E-state index contributed by atoms with van der Waals surface area (Å²) < 4.78 is 2.53. The van der Waals surface area contributed by atoms with E-state index in [2.05, 4.69) is 128 Å². The van der Waals surface area contributed by atoms with Crippen molar-refractivity contribution in [3.8, 4) is 39.6 Å². The summed E-state index contributed by atoms with van der Waals surface area (Å²) in [6.07, 6.45) is 3.66. The lowest BCUT2D eigenvalue weighted by Gasteiger charge is -2.46. The number of hydrogen-bond acceptors (Lipinski definition) is 3. The molecule has 0 fully saturated rings. The van der Waals surface area contributed by atoms with Crippen LogP contribution in [0.1, 0.15) is 47.4 Å². The predicted molar refractivity (Wildman–Crippen MR) is 197 cm³/mol. The van der Waals surface area contributed by atoms with Gasteiger partial charge in [0, 0.05) is 28.9 Å². The van der Waals surface area contributed by atoms with Gasteiger partial charge in [-0.05, 0) is 81.4 Å². The fraction of sp³-hybridized carbons (Fsp3) is 0.0889. The highest BCUT2D eigenvalue weighted by Crippen LogP contribution is 2.63. The Hall–Kier alpha value is -6.13. The number of pyridine rings is 3. The van der Waals surface area contributed by atoms with Gasteiger partial charge in [0.15, 0.2) is 0 Å². The Morgan fingerprint density at radius 1 is 0.490 bits per heavy atom. The number of benzene rings is 4. The van der Waals surface area contributed by atoms with E-state index < -0.39 is 5.41 Å². The second-order valence-corrected chi connectivity index (χ2v) is 13.6.